The molecule has 0 rings (SSSR count). The molecule has 0 aliphatic rings. The second kappa shape index (κ2) is 17.8. The van der Waals surface area contributed by atoms with Gasteiger partial charge in [-0.2, -0.15) is 0 Å². The van der Waals surface area contributed by atoms with Gasteiger partial charge >= 0.3 is 11.9 Å². The summed E-state index contributed by atoms with van der Waals surface area (Å²) in [6, 6.07) is 0. The molecule has 0 aliphatic heterocycles. The Hall–Kier alpha value is -1.06. The molecule has 0 aromatic heterocycles. The first-order valence-electron chi connectivity index (χ1n) is 10.5. The lowest BCUT2D eigenvalue weighted by Crippen LogP contribution is -2.17. The zero-order chi connectivity index (χ0) is 18.8. The number of hydrogen-bond acceptors (Lipinski definition) is 4. The molecule has 0 saturated heterocycles. The number of rotatable bonds is 17. The molecule has 0 bridgehead atoms. The number of unbranched alkanes of at least 4 members (excludes halogenated alkanes) is 7. The minimum atomic E-state index is -0.198. The van der Waals surface area contributed by atoms with Gasteiger partial charge in [0.05, 0.1) is 6.61 Å². The van der Waals surface area contributed by atoms with Crippen LogP contribution < -0.4 is 0 Å². The van der Waals surface area contributed by atoms with Crippen LogP contribution in [0.4, 0.5) is 0 Å². The molecule has 0 heterocycles. The van der Waals surface area contributed by atoms with Gasteiger partial charge in [-0.1, -0.05) is 72.1 Å². The summed E-state index contributed by atoms with van der Waals surface area (Å²) < 4.78 is 10.6. The van der Waals surface area contributed by atoms with Crippen molar-refractivity contribution in [2.45, 2.75) is 117 Å². The van der Waals surface area contributed by atoms with Gasteiger partial charge in [0.2, 0.25) is 0 Å². The van der Waals surface area contributed by atoms with Gasteiger partial charge in [0.1, 0.15) is 6.10 Å². The zero-order valence-corrected chi connectivity index (χ0v) is 16.8. The largest absolute Gasteiger partial charge is 0.466 e. The second-order valence-electron chi connectivity index (χ2n) is 6.86. The van der Waals surface area contributed by atoms with Crippen LogP contribution in [0.25, 0.3) is 0 Å². The molecule has 0 fully saturated rings. The Morgan fingerprint density at radius 1 is 0.720 bits per heavy atom. The molecule has 4 heteroatoms. The van der Waals surface area contributed by atoms with E-state index in [9.17, 15) is 9.59 Å². The van der Waals surface area contributed by atoms with Crippen molar-refractivity contribution in [1.29, 1.82) is 0 Å². The fraction of sp³-hybridized carbons (Fsp3) is 0.905. The maximum atomic E-state index is 11.7. The smallest absolute Gasteiger partial charge is 0.306 e. The Balaban J connectivity index is 3.47. The molecule has 0 radical (unpaired) electrons. The third kappa shape index (κ3) is 16.2. The number of hydrogen-bond donors (Lipinski definition) is 0. The molecule has 1 unspecified atom stereocenters. The highest BCUT2D eigenvalue weighted by atomic mass is 16.5. The van der Waals surface area contributed by atoms with Crippen LogP contribution in [0.3, 0.4) is 0 Å². The quantitative estimate of drug-likeness (QED) is 0.238. The Labute approximate surface area is 155 Å². The summed E-state index contributed by atoms with van der Waals surface area (Å²) in [6.07, 6.45) is 13.8. The van der Waals surface area contributed by atoms with Crippen molar-refractivity contribution in [2.75, 3.05) is 6.61 Å². The number of carbonyl (C=O) groups excluding carboxylic acids is 2. The number of carbonyl (C=O) groups is 2. The lowest BCUT2D eigenvalue weighted by molar-refractivity contribution is -0.150. The predicted octanol–water partition coefficient (Wildman–Crippen LogP) is 5.96. The maximum Gasteiger partial charge on any atom is 0.306 e. The molecule has 0 amide bonds. The van der Waals surface area contributed by atoms with Crippen LogP contribution in [0.5, 0.6) is 0 Å². The fourth-order valence-corrected chi connectivity index (χ4v) is 2.78. The Morgan fingerprint density at radius 3 is 1.92 bits per heavy atom. The van der Waals surface area contributed by atoms with Crippen molar-refractivity contribution in [3.8, 4) is 0 Å². The number of esters is 2. The van der Waals surface area contributed by atoms with Gasteiger partial charge in [-0.3, -0.25) is 9.59 Å². The molecule has 0 aromatic rings. The van der Waals surface area contributed by atoms with Gasteiger partial charge in [0.15, 0.2) is 0 Å². The normalized spacial score (nSPS) is 12.0. The minimum Gasteiger partial charge on any atom is -0.466 e. The summed E-state index contributed by atoms with van der Waals surface area (Å²) in [5.41, 5.74) is 0. The average molecular weight is 357 g/mol. The van der Waals surface area contributed by atoms with Crippen LogP contribution in [0.1, 0.15) is 111 Å². The fourth-order valence-electron chi connectivity index (χ4n) is 2.78. The molecule has 0 saturated carbocycles. The van der Waals surface area contributed by atoms with Crippen LogP contribution in [-0.2, 0) is 19.1 Å². The molecule has 0 aromatic carbocycles. The predicted molar refractivity (Wildman–Crippen MR) is 102 cm³/mol. The van der Waals surface area contributed by atoms with Gasteiger partial charge in [-0.15, -0.1) is 0 Å². The van der Waals surface area contributed by atoms with Crippen LogP contribution in [-0.4, -0.2) is 24.6 Å². The van der Waals surface area contributed by atoms with E-state index in [0.717, 1.165) is 32.1 Å². The molecule has 25 heavy (non-hydrogen) atoms. The van der Waals surface area contributed by atoms with E-state index in [4.69, 9.17) is 9.47 Å². The van der Waals surface area contributed by atoms with E-state index in [0.29, 0.717) is 25.9 Å². The van der Waals surface area contributed by atoms with Crippen molar-refractivity contribution in [2.24, 2.45) is 0 Å². The minimum absolute atomic E-state index is 0.0198. The molecule has 0 aliphatic carbocycles. The molecule has 0 spiro atoms. The molecule has 0 N–H and O–H groups in total. The lowest BCUT2D eigenvalue weighted by Gasteiger charge is -2.15. The van der Waals surface area contributed by atoms with E-state index in [1.54, 1.807) is 0 Å². The van der Waals surface area contributed by atoms with E-state index < -0.39 is 0 Å². The Kier molecular flexibility index (Phi) is 17.0. The van der Waals surface area contributed by atoms with Crippen LogP contribution in [0, 0.1) is 0 Å². The summed E-state index contributed by atoms with van der Waals surface area (Å²) in [4.78, 5) is 23.4. The van der Waals surface area contributed by atoms with E-state index in [2.05, 4.69) is 13.8 Å². The Morgan fingerprint density at radius 2 is 1.32 bits per heavy atom. The summed E-state index contributed by atoms with van der Waals surface area (Å²) in [7, 11) is 0. The molecule has 148 valence electrons. The summed E-state index contributed by atoms with van der Waals surface area (Å²) >= 11 is 0. The van der Waals surface area contributed by atoms with Gasteiger partial charge < -0.3 is 9.47 Å². The highest BCUT2D eigenvalue weighted by Crippen LogP contribution is 2.10. The van der Waals surface area contributed by atoms with Gasteiger partial charge in [-0.25, -0.2) is 0 Å². The maximum absolute atomic E-state index is 11.7. The molecule has 4 nitrogen and oxygen atoms in total. The van der Waals surface area contributed by atoms with Crippen molar-refractivity contribution >= 4 is 11.9 Å². The highest BCUT2D eigenvalue weighted by molar-refractivity contribution is 5.72. The molecular weight excluding hydrogens is 316 g/mol. The van der Waals surface area contributed by atoms with Gasteiger partial charge in [0.25, 0.3) is 0 Å². The van der Waals surface area contributed by atoms with Gasteiger partial charge in [0, 0.05) is 12.8 Å². The standard InChI is InChI=1S/C21H40O4/c1-4-7-8-9-10-11-12-13-18-24-20(22)16-14-17-21(23)25-19(6-3)15-5-2/h19H,4-18H2,1-3H3. The summed E-state index contributed by atoms with van der Waals surface area (Å²) in [5, 5.41) is 0. The molecule has 1 atom stereocenters. The second-order valence-corrected chi connectivity index (χ2v) is 6.86. The van der Waals surface area contributed by atoms with E-state index >= 15 is 0 Å². The molecular formula is C21H40O4. The van der Waals surface area contributed by atoms with Crippen LogP contribution in [0.2, 0.25) is 0 Å². The SMILES string of the molecule is CCCCCCCCCCOC(=O)CCCC(=O)OC(CC)CCC. The first kappa shape index (κ1) is 23.9. The monoisotopic (exact) mass is 356 g/mol. The highest BCUT2D eigenvalue weighted by Gasteiger charge is 2.12. The van der Waals surface area contributed by atoms with Crippen molar-refractivity contribution in [3.05, 3.63) is 0 Å². The lowest BCUT2D eigenvalue weighted by atomic mass is 10.1. The zero-order valence-electron chi connectivity index (χ0n) is 16.8. The van der Waals surface area contributed by atoms with Gasteiger partial charge in [-0.05, 0) is 25.7 Å². The van der Waals surface area contributed by atoms with Crippen LogP contribution in [0.15, 0.2) is 0 Å². The first-order valence-corrected chi connectivity index (χ1v) is 10.5. The number of ether oxygens (including phenoxy) is 2. The van der Waals surface area contributed by atoms with E-state index in [1.807, 2.05) is 6.92 Å². The third-order valence-corrected chi connectivity index (χ3v) is 4.39. The van der Waals surface area contributed by atoms with Crippen molar-refractivity contribution in [3.63, 3.8) is 0 Å². The third-order valence-electron chi connectivity index (χ3n) is 4.39. The van der Waals surface area contributed by atoms with Crippen molar-refractivity contribution in [1.82, 2.24) is 0 Å². The topological polar surface area (TPSA) is 52.6 Å². The van der Waals surface area contributed by atoms with E-state index in [1.165, 1.54) is 38.5 Å². The van der Waals surface area contributed by atoms with E-state index in [-0.39, 0.29) is 18.0 Å². The van der Waals surface area contributed by atoms with Crippen LogP contribution >= 0.6 is 0 Å². The van der Waals surface area contributed by atoms with Crippen molar-refractivity contribution < 1.29 is 19.1 Å². The Bertz CT molecular complexity index is 328. The first-order chi connectivity index (χ1) is 12.1. The average Bonchev–Trinajstić information content (AvgIpc) is 2.60. The summed E-state index contributed by atoms with van der Waals surface area (Å²) in [5.74, 6) is -0.396. The summed E-state index contributed by atoms with van der Waals surface area (Å²) in [6.45, 7) is 6.84.